The second-order valence-electron chi connectivity index (χ2n) is 6.20. The number of carbonyl (C=O) groups excluding carboxylic acids is 3. The van der Waals surface area contributed by atoms with Crippen LogP contribution in [0.3, 0.4) is 0 Å². The predicted octanol–water partition coefficient (Wildman–Crippen LogP) is 0.839. The number of hydrogen-bond acceptors (Lipinski definition) is 7. The Morgan fingerprint density at radius 3 is 2.73 bits per heavy atom. The van der Waals surface area contributed by atoms with E-state index < -0.39 is 30.1 Å². The first-order chi connectivity index (χ1) is 10.3. The summed E-state index contributed by atoms with van der Waals surface area (Å²) in [6.07, 6.45) is 0.324. The maximum atomic E-state index is 11.7. The van der Waals surface area contributed by atoms with Crippen LogP contribution < -0.4 is 0 Å². The minimum Gasteiger partial charge on any atom is -0.459 e. The molecule has 2 saturated heterocycles. The molecular weight excluding hydrogens is 292 g/mol. The van der Waals surface area contributed by atoms with E-state index in [4.69, 9.17) is 18.9 Å². The van der Waals surface area contributed by atoms with Gasteiger partial charge in [-0.05, 0) is 26.7 Å². The van der Waals surface area contributed by atoms with Crippen LogP contribution in [0, 0.1) is 11.3 Å². The summed E-state index contributed by atoms with van der Waals surface area (Å²) < 4.78 is 20.5. The SMILES string of the molecule is CCC(C)(C)C(=O)OCC(=O)OC[C@@H]1OC(=O)C2CCOC21. The topological polar surface area (TPSA) is 88.1 Å². The van der Waals surface area contributed by atoms with Crippen molar-refractivity contribution in [1.82, 2.24) is 0 Å². The van der Waals surface area contributed by atoms with Crippen molar-refractivity contribution in [3.8, 4) is 0 Å². The van der Waals surface area contributed by atoms with Gasteiger partial charge in [-0.2, -0.15) is 0 Å². The van der Waals surface area contributed by atoms with Crippen LogP contribution in [0.2, 0.25) is 0 Å². The molecule has 2 unspecified atom stereocenters. The summed E-state index contributed by atoms with van der Waals surface area (Å²) in [5, 5.41) is 0. The number of fused-ring (bicyclic) bond motifs is 1. The molecule has 124 valence electrons. The summed E-state index contributed by atoms with van der Waals surface area (Å²) in [6.45, 7) is 5.34. The van der Waals surface area contributed by atoms with E-state index >= 15 is 0 Å². The van der Waals surface area contributed by atoms with Gasteiger partial charge in [-0.15, -0.1) is 0 Å². The van der Waals surface area contributed by atoms with Crippen molar-refractivity contribution in [2.45, 2.75) is 45.8 Å². The lowest BCUT2D eigenvalue weighted by atomic mass is 9.91. The first kappa shape index (κ1) is 16.7. The molecule has 3 atom stereocenters. The van der Waals surface area contributed by atoms with Crippen LogP contribution in [0.4, 0.5) is 0 Å². The highest BCUT2D eigenvalue weighted by Gasteiger charge is 2.49. The third-order valence-corrected chi connectivity index (χ3v) is 4.24. The molecular formula is C15H22O7. The molecule has 0 aliphatic carbocycles. The molecule has 0 saturated carbocycles. The molecule has 0 N–H and O–H groups in total. The van der Waals surface area contributed by atoms with Gasteiger partial charge in [-0.25, -0.2) is 4.79 Å². The van der Waals surface area contributed by atoms with Crippen molar-refractivity contribution in [3.63, 3.8) is 0 Å². The summed E-state index contributed by atoms with van der Waals surface area (Å²) in [6, 6.07) is 0. The van der Waals surface area contributed by atoms with Gasteiger partial charge in [-0.3, -0.25) is 9.59 Å². The molecule has 7 nitrogen and oxygen atoms in total. The number of esters is 3. The van der Waals surface area contributed by atoms with Crippen molar-refractivity contribution < 1.29 is 33.3 Å². The quantitative estimate of drug-likeness (QED) is 0.530. The van der Waals surface area contributed by atoms with Gasteiger partial charge in [0, 0.05) is 6.61 Å². The third-order valence-electron chi connectivity index (χ3n) is 4.24. The van der Waals surface area contributed by atoms with E-state index in [0.717, 1.165) is 0 Å². The minimum absolute atomic E-state index is 0.0829. The average molecular weight is 314 g/mol. The molecule has 0 aromatic rings. The van der Waals surface area contributed by atoms with Crippen LogP contribution in [-0.2, 0) is 33.3 Å². The monoisotopic (exact) mass is 314 g/mol. The molecule has 0 radical (unpaired) electrons. The highest BCUT2D eigenvalue weighted by molar-refractivity contribution is 5.80. The Bertz CT molecular complexity index is 457. The second-order valence-corrected chi connectivity index (χ2v) is 6.20. The molecule has 0 aromatic carbocycles. The van der Waals surface area contributed by atoms with Crippen LogP contribution in [-0.4, -0.2) is 49.9 Å². The van der Waals surface area contributed by atoms with Gasteiger partial charge in [0.2, 0.25) is 0 Å². The van der Waals surface area contributed by atoms with E-state index in [1.54, 1.807) is 13.8 Å². The standard InChI is InChI=1S/C15H22O7/c1-4-15(2,3)14(18)21-8-11(16)20-7-10-12-9(5-6-19-12)13(17)22-10/h9-10,12H,4-8H2,1-3H3/t9?,10-,12?/m0/s1. The fraction of sp³-hybridized carbons (Fsp3) is 0.800. The molecule has 7 heteroatoms. The van der Waals surface area contributed by atoms with E-state index in [0.29, 0.717) is 19.4 Å². The zero-order valence-corrected chi connectivity index (χ0v) is 13.1. The minimum atomic E-state index is -0.669. The molecule has 2 heterocycles. The Kier molecular flexibility index (Phi) is 5.05. The van der Waals surface area contributed by atoms with Gasteiger partial charge in [0.05, 0.1) is 11.3 Å². The number of rotatable bonds is 6. The Morgan fingerprint density at radius 1 is 1.32 bits per heavy atom. The summed E-state index contributed by atoms with van der Waals surface area (Å²) in [5.74, 6) is -1.68. The Hall–Kier alpha value is -1.63. The summed E-state index contributed by atoms with van der Waals surface area (Å²) >= 11 is 0. The van der Waals surface area contributed by atoms with E-state index in [-0.39, 0.29) is 24.6 Å². The van der Waals surface area contributed by atoms with Crippen molar-refractivity contribution in [3.05, 3.63) is 0 Å². The van der Waals surface area contributed by atoms with Crippen molar-refractivity contribution in [2.75, 3.05) is 19.8 Å². The van der Waals surface area contributed by atoms with E-state index in [2.05, 4.69) is 0 Å². The largest absolute Gasteiger partial charge is 0.459 e. The first-order valence-corrected chi connectivity index (χ1v) is 7.50. The van der Waals surface area contributed by atoms with Crippen LogP contribution in [0.15, 0.2) is 0 Å². The maximum Gasteiger partial charge on any atom is 0.344 e. The summed E-state index contributed by atoms with van der Waals surface area (Å²) in [4.78, 5) is 34.9. The van der Waals surface area contributed by atoms with E-state index in [9.17, 15) is 14.4 Å². The molecule has 22 heavy (non-hydrogen) atoms. The second kappa shape index (κ2) is 6.64. The Balaban J connectivity index is 1.72. The fourth-order valence-electron chi connectivity index (χ4n) is 2.34. The molecule has 0 aromatic heterocycles. The zero-order valence-electron chi connectivity index (χ0n) is 13.1. The normalized spacial score (nSPS) is 27.2. The van der Waals surface area contributed by atoms with Crippen molar-refractivity contribution >= 4 is 17.9 Å². The smallest absolute Gasteiger partial charge is 0.344 e. The lowest BCUT2D eigenvalue weighted by Crippen LogP contribution is -2.32. The van der Waals surface area contributed by atoms with Crippen LogP contribution in [0.5, 0.6) is 0 Å². The third kappa shape index (κ3) is 3.58. The predicted molar refractivity (Wildman–Crippen MR) is 73.7 cm³/mol. The van der Waals surface area contributed by atoms with Crippen molar-refractivity contribution in [2.24, 2.45) is 11.3 Å². The summed E-state index contributed by atoms with van der Waals surface area (Å²) in [7, 11) is 0. The number of carbonyl (C=O) groups is 3. The zero-order chi connectivity index (χ0) is 16.3. The lowest BCUT2D eigenvalue weighted by Gasteiger charge is -2.20. The highest BCUT2D eigenvalue weighted by atomic mass is 16.6. The van der Waals surface area contributed by atoms with Crippen molar-refractivity contribution in [1.29, 1.82) is 0 Å². The Morgan fingerprint density at radius 2 is 2.05 bits per heavy atom. The van der Waals surface area contributed by atoms with Gasteiger partial charge < -0.3 is 18.9 Å². The van der Waals surface area contributed by atoms with Crippen LogP contribution in [0.25, 0.3) is 0 Å². The number of cyclic esters (lactones) is 1. The van der Waals surface area contributed by atoms with Gasteiger partial charge in [0.15, 0.2) is 12.7 Å². The van der Waals surface area contributed by atoms with E-state index in [1.807, 2.05) is 6.92 Å². The average Bonchev–Trinajstić information content (AvgIpc) is 3.07. The highest BCUT2D eigenvalue weighted by Crippen LogP contribution is 2.32. The van der Waals surface area contributed by atoms with Gasteiger partial charge >= 0.3 is 17.9 Å². The molecule has 0 amide bonds. The summed E-state index contributed by atoms with van der Waals surface area (Å²) in [5.41, 5.74) is -0.633. The fourth-order valence-corrected chi connectivity index (χ4v) is 2.34. The molecule has 2 aliphatic heterocycles. The number of hydrogen-bond donors (Lipinski definition) is 0. The molecule has 2 aliphatic rings. The number of ether oxygens (including phenoxy) is 4. The lowest BCUT2D eigenvalue weighted by molar-refractivity contribution is -0.168. The molecule has 0 spiro atoms. The van der Waals surface area contributed by atoms with Crippen LogP contribution in [0.1, 0.15) is 33.6 Å². The molecule has 0 bridgehead atoms. The van der Waals surface area contributed by atoms with E-state index in [1.165, 1.54) is 0 Å². The van der Waals surface area contributed by atoms with Gasteiger partial charge in [0.1, 0.15) is 12.7 Å². The van der Waals surface area contributed by atoms with Crippen LogP contribution >= 0.6 is 0 Å². The maximum absolute atomic E-state index is 11.7. The molecule has 2 fully saturated rings. The molecule has 2 rings (SSSR count). The van der Waals surface area contributed by atoms with Gasteiger partial charge in [-0.1, -0.05) is 6.92 Å². The van der Waals surface area contributed by atoms with Gasteiger partial charge in [0.25, 0.3) is 0 Å². The first-order valence-electron chi connectivity index (χ1n) is 7.50. The Labute approximate surface area is 129 Å².